The molecule has 4 nitrogen and oxygen atoms in total. The van der Waals surface area contributed by atoms with Gasteiger partial charge in [-0.05, 0) is 30.4 Å². The predicted molar refractivity (Wildman–Crippen MR) is 73.0 cm³/mol. The zero-order valence-corrected chi connectivity index (χ0v) is 11.3. The normalized spacial score (nSPS) is 22.6. The summed E-state index contributed by atoms with van der Waals surface area (Å²) in [6, 6.07) is 7.73. The van der Waals surface area contributed by atoms with Crippen molar-refractivity contribution in [2.24, 2.45) is 5.92 Å². The quantitative estimate of drug-likeness (QED) is 0.822. The molecule has 19 heavy (non-hydrogen) atoms. The van der Waals surface area contributed by atoms with Gasteiger partial charge in [-0.2, -0.15) is 0 Å². The number of aliphatic carboxylic acids is 1. The maximum Gasteiger partial charge on any atom is 0.307 e. The fraction of sp³-hybridized carbons (Fsp3) is 0.533. The van der Waals surface area contributed by atoms with E-state index in [1.54, 1.807) is 0 Å². The second kappa shape index (κ2) is 6.68. The Hall–Kier alpha value is -1.39. The van der Waals surface area contributed by atoms with Crippen LogP contribution in [0.5, 0.6) is 0 Å². The van der Waals surface area contributed by atoms with Gasteiger partial charge in [-0.3, -0.25) is 4.79 Å². The first-order chi connectivity index (χ1) is 9.15. The average Bonchev–Trinajstić information content (AvgIpc) is 2.77. The van der Waals surface area contributed by atoms with Gasteiger partial charge in [-0.25, -0.2) is 0 Å². The van der Waals surface area contributed by atoms with E-state index < -0.39 is 5.97 Å². The van der Waals surface area contributed by atoms with Crippen molar-refractivity contribution in [1.82, 2.24) is 5.32 Å². The summed E-state index contributed by atoms with van der Waals surface area (Å²) in [5.41, 5.74) is 2.02. The highest BCUT2D eigenvalue weighted by Gasteiger charge is 2.23. The molecule has 104 valence electrons. The summed E-state index contributed by atoms with van der Waals surface area (Å²) in [5.74, 6) is -0.188. The zero-order chi connectivity index (χ0) is 13.7. The largest absolute Gasteiger partial charge is 0.481 e. The molecule has 1 aromatic carbocycles. The third kappa shape index (κ3) is 4.33. The lowest BCUT2D eigenvalue weighted by atomic mass is 10.0. The van der Waals surface area contributed by atoms with Crippen LogP contribution in [-0.2, 0) is 22.5 Å². The van der Waals surface area contributed by atoms with E-state index >= 15 is 0 Å². The lowest BCUT2D eigenvalue weighted by molar-refractivity contribution is -0.136. The van der Waals surface area contributed by atoms with Crippen molar-refractivity contribution in [2.75, 3.05) is 13.2 Å². The molecule has 2 rings (SSSR count). The smallest absolute Gasteiger partial charge is 0.307 e. The molecular formula is C15H21NO3. The lowest BCUT2D eigenvalue weighted by Crippen LogP contribution is -2.26. The number of benzene rings is 1. The highest BCUT2D eigenvalue weighted by atomic mass is 16.5. The first kappa shape index (κ1) is 14.0. The van der Waals surface area contributed by atoms with Gasteiger partial charge in [0.25, 0.3) is 0 Å². The Kier molecular flexibility index (Phi) is 4.93. The van der Waals surface area contributed by atoms with Crippen LogP contribution < -0.4 is 5.32 Å². The maximum atomic E-state index is 10.6. The third-order valence-electron chi connectivity index (χ3n) is 3.65. The molecule has 4 heteroatoms. The van der Waals surface area contributed by atoms with Crippen molar-refractivity contribution < 1.29 is 14.6 Å². The SMILES string of the molecule is CC1OCCC1CNCc1ccc(CC(=O)O)cc1. The van der Waals surface area contributed by atoms with E-state index in [0.717, 1.165) is 31.7 Å². The molecule has 1 fully saturated rings. The number of ether oxygens (including phenoxy) is 1. The molecule has 0 bridgehead atoms. The number of rotatable bonds is 6. The van der Waals surface area contributed by atoms with Crippen molar-refractivity contribution in [1.29, 1.82) is 0 Å². The Morgan fingerprint density at radius 1 is 1.37 bits per heavy atom. The number of nitrogens with one attached hydrogen (secondary N) is 1. The van der Waals surface area contributed by atoms with Crippen LogP contribution >= 0.6 is 0 Å². The molecule has 2 N–H and O–H groups in total. The molecule has 1 aromatic rings. The fourth-order valence-corrected chi connectivity index (χ4v) is 2.40. The van der Waals surface area contributed by atoms with E-state index in [9.17, 15) is 4.79 Å². The molecule has 2 unspecified atom stereocenters. The average molecular weight is 263 g/mol. The first-order valence-corrected chi connectivity index (χ1v) is 6.77. The van der Waals surface area contributed by atoms with Crippen LogP contribution in [0, 0.1) is 5.92 Å². The minimum Gasteiger partial charge on any atom is -0.481 e. The molecule has 0 saturated carbocycles. The van der Waals surface area contributed by atoms with Gasteiger partial charge < -0.3 is 15.2 Å². The van der Waals surface area contributed by atoms with Crippen LogP contribution in [0.15, 0.2) is 24.3 Å². The minimum atomic E-state index is -0.791. The van der Waals surface area contributed by atoms with Crippen LogP contribution in [0.1, 0.15) is 24.5 Å². The van der Waals surface area contributed by atoms with Gasteiger partial charge in [0.2, 0.25) is 0 Å². The topological polar surface area (TPSA) is 58.6 Å². The van der Waals surface area contributed by atoms with Gasteiger partial charge in [0.15, 0.2) is 0 Å². The van der Waals surface area contributed by atoms with Gasteiger partial charge in [0, 0.05) is 19.7 Å². The molecule has 1 aliphatic heterocycles. The summed E-state index contributed by atoms with van der Waals surface area (Å²) in [7, 11) is 0. The molecule has 1 saturated heterocycles. The molecule has 1 heterocycles. The lowest BCUT2D eigenvalue weighted by Gasteiger charge is -2.14. The first-order valence-electron chi connectivity index (χ1n) is 6.77. The fourth-order valence-electron chi connectivity index (χ4n) is 2.40. The molecule has 0 amide bonds. The van der Waals surface area contributed by atoms with Gasteiger partial charge >= 0.3 is 5.97 Å². The highest BCUT2D eigenvalue weighted by molar-refractivity contribution is 5.70. The highest BCUT2D eigenvalue weighted by Crippen LogP contribution is 2.19. The monoisotopic (exact) mass is 263 g/mol. The van der Waals surface area contributed by atoms with Crippen LogP contribution in [-0.4, -0.2) is 30.3 Å². The number of carboxylic acid groups (broad SMARTS) is 1. The van der Waals surface area contributed by atoms with Crippen LogP contribution in [0.2, 0.25) is 0 Å². The zero-order valence-electron chi connectivity index (χ0n) is 11.3. The Balaban J connectivity index is 1.75. The van der Waals surface area contributed by atoms with Crippen molar-refractivity contribution in [3.05, 3.63) is 35.4 Å². The van der Waals surface area contributed by atoms with Crippen molar-refractivity contribution in [3.63, 3.8) is 0 Å². The van der Waals surface area contributed by atoms with E-state index in [1.807, 2.05) is 24.3 Å². The van der Waals surface area contributed by atoms with Crippen molar-refractivity contribution >= 4 is 5.97 Å². The van der Waals surface area contributed by atoms with E-state index in [0.29, 0.717) is 12.0 Å². The maximum absolute atomic E-state index is 10.6. The van der Waals surface area contributed by atoms with Gasteiger partial charge in [0.1, 0.15) is 0 Å². The Labute approximate surface area is 113 Å². The number of hydrogen-bond acceptors (Lipinski definition) is 3. The molecule has 0 aliphatic carbocycles. The predicted octanol–water partition coefficient (Wildman–Crippen LogP) is 1.83. The summed E-state index contributed by atoms with van der Waals surface area (Å²) >= 11 is 0. The van der Waals surface area contributed by atoms with Crippen LogP contribution in [0.3, 0.4) is 0 Å². The molecule has 1 aliphatic rings. The second-order valence-corrected chi connectivity index (χ2v) is 5.14. The molecule has 0 radical (unpaired) electrons. The summed E-state index contributed by atoms with van der Waals surface area (Å²) < 4.78 is 5.53. The molecular weight excluding hydrogens is 242 g/mol. The van der Waals surface area contributed by atoms with E-state index in [2.05, 4.69) is 12.2 Å². The van der Waals surface area contributed by atoms with Gasteiger partial charge in [0.05, 0.1) is 12.5 Å². The second-order valence-electron chi connectivity index (χ2n) is 5.14. The van der Waals surface area contributed by atoms with Gasteiger partial charge in [-0.15, -0.1) is 0 Å². The van der Waals surface area contributed by atoms with Gasteiger partial charge in [-0.1, -0.05) is 24.3 Å². The summed E-state index contributed by atoms with van der Waals surface area (Å²) in [6.45, 7) is 4.78. The van der Waals surface area contributed by atoms with E-state index in [4.69, 9.17) is 9.84 Å². The van der Waals surface area contributed by atoms with Crippen LogP contribution in [0.4, 0.5) is 0 Å². The third-order valence-corrected chi connectivity index (χ3v) is 3.65. The molecule has 2 atom stereocenters. The Bertz CT molecular complexity index is 416. The molecule has 0 spiro atoms. The summed E-state index contributed by atoms with van der Waals surface area (Å²) in [5, 5.41) is 12.1. The standard InChI is InChI=1S/C15H21NO3/c1-11-14(6-7-19-11)10-16-9-13-4-2-12(3-5-13)8-15(17)18/h2-5,11,14,16H,6-10H2,1H3,(H,17,18). The minimum absolute atomic E-state index is 0.0879. The van der Waals surface area contributed by atoms with Crippen molar-refractivity contribution in [2.45, 2.75) is 32.4 Å². The van der Waals surface area contributed by atoms with Crippen molar-refractivity contribution in [3.8, 4) is 0 Å². The van der Waals surface area contributed by atoms with E-state index in [1.165, 1.54) is 5.56 Å². The Morgan fingerprint density at radius 3 is 2.63 bits per heavy atom. The Morgan fingerprint density at radius 2 is 2.05 bits per heavy atom. The number of hydrogen-bond donors (Lipinski definition) is 2. The summed E-state index contributed by atoms with van der Waals surface area (Å²) in [4.78, 5) is 10.6. The summed E-state index contributed by atoms with van der Waals surface area (Å²) in [6.07, 6.45) is 1.57. The number of carboxylic acids is 1. The van der Waals surface area contributed by atoms with E-state index in [-0.39, 0.29) is 6.42 Å². The van der Waals surface area contributed by atoms with Crippen LogP contribution in [0.25, 0.3) is 0 Å². The number of carbonyl (C=O) groups is 1. The molecule has 0 aromatic heterocycles.